The molecule has 0 aromatic heterocycles. The molecule has 0 atom stereocenters. The van der Waals surface area contributed by atoms with Gasteiger partial charge in [-0.1, -0.05) is 37.5 Å². The second-order valence-corrected chi connectivity index (χ2v) is 3.34. The van der Waals surface area contributed by atoms with Crippen LogP contribution in [0, 0.1) is 5.92 Å². The van der Waals surface area contributed by atoms with Gasteiger partial charge in [-0.05, 0) is 5.92 Å². The minimum Gasteiger partial charge on any atom is -0.111 e. The van der Waals surface area contributed by atoms with Gasteiger partial charge in [0.25, 0.3) is 0 Å². The van der Waals surface area contributed by atoms with Gasteiger partial charge in [0.05, 0.1) is 0 Å². The monoisotopic (exact) mass is 150 g/mol. The highest BCUT2D eigenvalue weighted by Crippen LogP contribution is 2.16. The van der Waals surface area contributed by atoms with Crippen molar-refractivity contribution < 1.29 is 0 Å². The zero-order valence-electron chi connectivity index (χ0n) is 5.55. The number of hydrogen-bond acceptors (Lipinski definition) is 2. The average Bonchev–Trinajstić information content (AvgIpc) is 1.83. The van der Waals surface area contributed by atoms with Gasteiger partial charge in [0.2, 0.25) is 0 Å². The standard InChI is InChI=1S/C6H14S2/c1-3-6(4-2)5-8-7/h6-7H,3-5H2,1-2H3. The summed E-state index contributed by atoms with van der Waals surface area (Å²) < 4.78 is 0. The van der Waals surface area contributed by atoms with Gasteiger partial charge in [0, 0.05) is 5.75 Å². The van der Waals surface area contributed by atoms with Gasteiger partial charge in [0.1, 0.15) is 0 Å². The molecule has 0 spiro atoms. The van der Waals surface area contributed by atoms with Gasteiger partial charge in [-0.3, -0.25) is 0 Å². The molecule has 0 radical (unpaired) electrons. The molecule has 8 heavy (non-hydrogen) atoms. The molecular formula is C6H14S2. The minimum absolute atomic E-state index is 0.887. The lowest BCUT2D eigenvalue weighted by molar-refractivity contribution is 0.555. The first-order valence-electron chi connectivity index (χ1n) is 3.11. The summed E-state index contributed by atoms with van der Waals surface area (Å²) in [4.78, 5) is 0. The molecule has 0 aliphatic rings. The van der Waals surface area contributed by atoms with Crippen LogP contribution in [0.25, 0.3) is 0 Å². The Morgan fingerprint density at radius 3 is 2.00 bits per heavy atom. The first-order chi connectivity index (χ1) is 3.85. The Balaban J connectivity index is 3.07. The van der Waals surface area contributed by atoms with E-state index in [0.29, 0.717) is 0 Å². The maximum Gasteiger partial charge on any atom is 0.00626 e. The van der Waals surface area contributed by atoms with E-state index < -0.39 is 0 Å². The summed E-state index contributed by atoms with van der Waals surface area (Å²) >= 11 is 4.08. The van der Waals surface area contributed by atoms with Crippen LogP contribution in [-0.2, 0) is 0 Å². The third kappa shape index (κ3) is 3.67. The normalized spacial score (nSPS) is 10.5. The van der Waals surface area contributed by atoms with Crippen LogP contribution in [0.3, 0.4) is 0 Å². The SMILES string of the molecule is CCC(CC)CSS. The smallest absolute Gasteiger partial charge is 0.00626 e. The molecule has 0 heterocycles. The van der Waals surface area contributed by atoms with Crippen LogP contribution in [0.15, 0.2) is 0 Å². The van der Waals surface area contributed by atoms with Crippen molar-refractivity contribution in [2.75, 3.05) is 5.75 Å². The van der Waals surface area contributed by atoms with Crippen LogP contribution in [-0.4, -0.2) is 5.75 Å². The predicted octanol–water partition coefficient (Wildman–Crippen LogP) is 3.00. The summed E-state index contributed by atoms with van der Waals surface area (Å²) in [6, 6.07) is 0. The van der Waals surface area contributed by atoms with E-state index in [1.165, 1.54) is 18.6 Å². The van der Waals surface area contributed by atoms with Gasteiger partial charge < -0.3 is 0 Å². The van der Waals surface area contributed by atoms with E-state index in [2.05, 4.69) is 25.5 Å². The highest BCUT2D eigenvalue weighted by molar-refractivity contribution is 8.68. The van der Waals surface area contributed by atoms with Crippen LogP contribution in [0.4, 0.5) is 0 Å². The molecular weight excluding hydrogens is 136 g/mol. The Morgan fingerprint density at radius 2 is 1.88 bits per heavy atom. The molecule has 0 saturated heterocycles. The third-order valence-electron chi connectivity index (χ3n) is 1.46. The lowest BCUT2D eigenvalue weighted by Crippen LogP contribution is -1.97. The van der Waals surface area contributed by atoms with E-state index in [-0.39, 0.29) is 0 Å². The van der Waals surface area contributed by atoms with Crippen molar-refractivity contribution in [3.8, 4) is 0 Å². The van der Waals surface area contributed by atoms with Crippen molar-refractivity contribution in [1.82, 2.24) is 0 Å². The van der Waals surface area contributed by atoms with Crippen LogP contribution >= 0.6 is 22.5 Å². The Hall–Kier alpha value is 0.700. The van der Waals surface area contributed by atoms with E-state index in [4.69, 9.17) is 0 Å². The van der Waals surface area contributed by atoms with Crippen LogP contribution in [0.2, 0.25) is 0 Å². The fraction of sp³-hybridized carbons (Fsp3) is 1.00. The highest BCUT2D eigenvalue weighted by atomic mass is 33.1. The molecule has 0 saturated carbocycles. The molecule has 0 amide bonds. The molecule has 2 heteroatoms. The van der Waals surface area contributed by atoms with Gasteiger partial charge >= 0.3 is 0 Å². The van der Waals surface area contributed by atoms with E-state index in [0.717, 1.165) is 5.92 Å². The molecule has 0 aromatic carbocycles. The van der Waals surface area contributed by atoms with E-state index in [1.807, 2.05) is 0 Å². The first-order valence-corrected chi connectivity index (χ1v) is 5.15. The second-order valence-electron chi connectivity index (χ2n) is 1.98. The second kappa shape index (κ2) is 5.83. The van der Waals surface area contributed by atoms with Crippen LogP contribution in [0.1, 0.15) is 26.7 Å². The minimum atomic E-state index is 0.887. The summed E-state index contributed by atoms with van der Waals surface area (Å²) in [7, 11) is 1.65. The van der Waals surface area contributed by atoms with E-state index >= 15 is 0 Å². The molecule has 0 nitrogen and oxygen atoms in total. The number of rotatable bonds is 4. The molecule has 0 rings (SSSR count). The molecule has 0 unspecified atom stereocenters. The van der Waals surface area contributed by atoms with Crippen LogP contribution < -0.4 is 0 Å². The third-order valence-corrected chi connectivity index (χ3v) is 2.53. The van der Waals surface area contributed by atoms with Gasteiger partial charge in [0.15, 0.2) is 0 Å². The fourth-order valence-corrected chi connectivity index (χ4v) is 1.94. The van der Waals surface area contributed by atoms with Gasteiger partial charge in [-0.2, -0.15) is 0 Å². The van der Waals surface area contributed by atoms with E-state index in [9.17, 15) is 0 Å². The van der Waals surface area contributed by atoms with Crippen molar-refractivity contribution in [2.45, 2.75) is 26.7 Å². The van der Waals surface area contributed by atoms with Gasteiger partial charge in [-0.25, -0.2) is 0 Å². The van der Waals surface area contributed by atoms with Crippen molar-refractivity contribution >= 4 is 22.5 Å². The lowest BCUT2D eigenvalue weighted by atomic mass is 10.1. The summed E-state index contributed by atoms with van der Waals surface area (Å²) in [6.45, 7) is 4.47. The summed E-state index contributed by atoms with van der Waals surface area (Å²) in [6.07, 6.45) is 2.59. The maximum absolute atomic E-state index is 4.08. The predicted molar refractivity (Wildman–Crippen MR) is 45.5 cm³/mol. The zero-order valence-corrected chi connectivity index (χ0v) is 7.27. The summed E-state index contributed by atoms with van der Waals surface area (Å²) in [5.74, 6) is 2.09. The first kappa shape index (κ1) is 8.70. The Labute approximate surface area is 61.2 Å². The maximum atomic E-state index is 4.08. The zero-order chi connectivity index (χ0) is 6.41. The van der Waals surface area contributed by atoms with Crippen LogP contribution in [0.5, 0.6) is 0 Å². The van der Waals surface area contributed by atoms with E-state index in [1.54, 1.807) is 10.8 Å². The van der Waals surface area contributed by atoms with Gasteiger partial charge in [-0.15, -0.1) is 11.7 Å². The largest absolute Gasteiger partial charge is 0.111 e. The fourth-order valence-electron chi connectivity index (χ4n) is 0.630. The Morgan fingerprint density at radius 1 is 1.38 bits per heavy atom. The Bertz CT molecular complexity index is 41.8. The van der Waals surface area contributed by atoms with Crippen molar-refractivity contribution in [2.24, 2.45) is 5.92 Å². The Kier molecular flexibility index (Phi) is 6.34. The topological polar surface area (TPSA) is 0 Å². The summed E-state index contributed by atoms with van der Waals surface area (Å²) in [5, 5.41) is 0. The lowest BCUT2D eigenvalue weighted by Gasteiger charge is -2.07. The van der Waals surface area contributed by atoms with Crippen molar-refractivity contribution in [3.63, 3.8) is 0 Å². The molecule has 0 fully saturated rings. The number of thiol groups is 1. The molecule has 50 valence electrons. The molecule has 0 aromatic rings. The van der Waals surface area contributed by atoms with Crippen molar-refractivity contribution in [3.05, 3.63) is 0 Å². The van der Waals surface area contributed by atoms with Crippen molar-refractivity contribution in [1.29, 1.82) is 0 Å². The average molecular weight is 150 g/mol. The molecule has 0 bridgehead atoms. The highest BCUT2D eigenvalue weighted by Gasteiger charge is 1.99. The molecule has 0 aliphatic carbocycles. The number of hydrogen-bond donors (Lipinski definition) is 1. The molecule has 0 N–H and O–H groups in total. The quantitative estimate of drug-likeness (QED) is 0.475. The molecule has 0 aliphatic heterocycles. The summed E-state index contributed by atoms with van der Waals surface area (Å²) in [5.41, 5.74) is 0.